The molecule has 2 heterocycles. The molecule has 0 aliphatic rings. The lowest BCUT2D eigenvalue weighted by Crippen LogP contribution is -2.12. The van der Waals surface area contributed by atoms with Gasteiger partial charge in [-0.3, -0.25) is 4.79 Å². The van der Waals surface area contributed by atoms with Crippen LogP contribution in [0.3, 0.4) is 0 Å². The number of fused-ring (bicyclic) bond motifs is 1. The van der Waals surface area contributed by atoms with Gasteiger partial charge in [0.15, 0.2) is 0 Å². The standard InChI is InChI=1S/C19H21N5O/c1-10(2)19(25)23-13-6-11(3)16(12(4)7-13)15-8-14-17(20)21-9-22-18(14)24(15)5/h6-9H,1H2,2-5H3,(H,23,25)(H2,20,21,22). The fourth-order valence-corrected chi connectivity index (χ4v) is 3.07. The van der Waals surface area contributed by atoms with Crippen LogP contribution in [0.1, 0.15) is 18.1 Å². The summed E-state index contributed by atoms with van der Waals surface area (Å²) >= 11 is 0. The molecule has 1 amide bonds. The zero-order valence-corrected chi connectivity index (χ0v) is 14.8. The summed E-state index contributed by atoms with van der Waals surface area (Å²) in [6, 6.07) is 5.91. The van der Waals surface area contributed by atoms with E-state index in [0.29, 0.717) is 11.4 Å². The Morgan fingerprint density at radius 2 is 1.84 bits per heavy atom. The van der Waals surface area contributed by atoms with Crippen LogP contribution in [0, 0.1) is 13.8 Å². The van der Waals surface area contributed by atoms with Crippen LogP contribution in [0.15, 0.2) is 36.7 Å². The lowest BCUT2D eigenvalue weighted by Gasteiger charge is -2.14. The van der Waals surface area contributed by atoms with Gasteiger partial charge in [0, 0.05) is 23.9 Å². The summed E-state index contributed by atoms with van der Waals surface area (Å²) in [6.07, 6.45) is 1.47. The first-order valence-corrected chi connectivity index (χ1v) is 7.94. The minimum atomic E-state index is -0.181. The molecule has 0 atom stereocenters. The molecule has 3 aromatic rings. The third-order valence-corrected chi connectivity index (χ3v) is 4.29. The van der Waals surface area contributed by atoms with Crippen LogP contribution < -0.4 is 11.1 Å². The first kappa shape index (κ1) is 16.7. The molecular weight excluding hydrogens is 314 g/mol. The number of carbonyl (C=O) groups excluding carboxylic acids is 1. The molecule has 6 nitrogen and oxygen atoms in total. The number of hydrogen-bond donors (Lipinski definition) is 2. The first-order valence-electron chi connectivity index (χ1n) is 7.94. The Hall–Kier alpha value is -3.15. The van der Waals surface area contributed by atoms with Gasteiger partial charge in [0.05, 0.1) is 11.1 Å². The topological polar surface area (TPSA) is 85.8 Å². The number of nitrogen functional groups attached to an aromatic ring is 1. The number of nitrogens with two attached hydrogens (primary N) is 1. The minimum absolute atomic E-state index is 0.181. The van der Waals surface area contributed by atoms with E-state index in [1.54, 1.807) is 6.92 Å². The Bertz CT molecular complexity index is 993. The number of hydrogen-bond acceptors (Lipinski definition) is 4. The zero-order valence-electron chi connectivity index (χ0n) is 14.8. The van der Waals surface area contributed by atoms with Crippen LogP contribution >= 0.6 is 0 Å². The zero-order chi connectivity index (χ0) is 18.3. The first-order chi connectivity index (χ1) is 11.8. The Kier molecular flexibility index (Phi) is 4.04. The number of benzene rings is 1. The largest absolute Gasteiger partial charge is 0.383 e. The van der Waals surface area contributed by atoms with Crippen molar-refractivity contribution < 1.29 is 4.79 Å². The second-order valence-corrected chi connectivity index (χ2v) is 6.30. The maximum atomic E-state index is 11.9. The van der Waals surface area contributed by atoms with Crippen molar-refractivity contribution in [3.05, 3.63) is 47.8 Å². The van der Waals surface area contributed by atoms with E-state index in [4.69, 9.17) is 5.73 Å². The van der Waals surface area contributed by atoms with Crippen molar-refractivity contribution in [2.75, 3.05) is 11.1 Å². The van der Waals surface area contributed by atoms with Gasteiger partial charge < -0.3 is 15.6 Å². The van der Waals surface area contributed by atoms with Crippen LogP contribution in [-0.4, -0.2) is 20.4 Å². The molecule has 3 rings (SSSR count). The monoisotopic (exact) mass is 335 g/mol. The van der Waals surface area contributed by atoms with Crippen molar-refractivity contribution in [3.63, 3.8) is 0 Å². The molecule has 0 aliphatic heterocycles. The van der Waals surface area contributed by atoms with E-state index in [0.717, 1.165) is 39.1 Å². The number of aromatic nitrogens is 3. The molecule has 1 aromatic carbocycles. The number of anilines is 2. The van der Waals surface area contributed by atoms with E-state index in [1.165, 1.54) is 6.33 Å². The van der Waals surface area contributed by atoms with E-state index >= 15 is 0 Å². The van der Waals surface area contributed by atoms with Crippen LogP contribution in [0.25, 0.3) is 22.3 Å². The van der Waals surface area contributed by atoms with Crippen LogP contribution in [-0.2, 0) is 11.8 Å². The summed E-state index contributed by atoms with van der Waals surface area (Å²) in [5, 5.41) is 3.70. The van der Waals surface area contributed by atoms with E-state index in [2.05, 4.69) is 21.9 Å². The fourth-order valence-electron chi connectivity index (χ4n) is 3.07. The molecule has 0 saturated heterocycles. The normalized spacial score (nSPS) is 10.9. The predicted molar refractivity (Wildman–Crippen MR) is 101 cm³/mol. The highest BCUT2D eigenvalue weighted by Crippen LogP contribution is 2.34. The summed E-state index contributed by atoms with van der Waals surface area (Å²) in [6.45, 7) is 9.39. The highest BCUT2D eigenvalue weighted by atomic mass is 16.1. The second kappa shape index (κ2) is 6.05. The van der Waals surface area contributed by atoms with Gasteiger partial charge in [-0.15, -0.1) is 0 Å². The molecule has 0 bridgehead atoms. The summed E-state index contributed by atoms with van der Waals surface area (Å²) in [5.74, 6) is 0.284. The fraction of sp³-hybridized carbons (Fsp3) is 0.211. The molecule has 0 radical (unpaired) electrons. The average molecular weight is 335 g/mol. The van der Waals surface area contributed by atoms with E-state index < -0.39 is 0 Å². The number of carbonyl (C=O) groups is 1. The lowest BCUT2D eigenvalue weighted by atomic mass is 9.98. The molecule has 128 valence electrons. The summed E-state index contributed by atoms with van der Waals surface area (Å²) in [4.78, 5) is 20.2. The van der Waals surface area contributed by atoms with Gasteiger partial charge in [-0.05, 0) is 50.1 Å². The highest BCUT2D eigenvalue weighted by molar-refractivity contribution is 6.03. The van der Waals surface area contributed by atoms with Crippen molar-refractivity contribution in [2.24, 2.45) is 7.05 Å². The number of rotatable bonds is 3. The number of aryl methyl sites for hydroxylation is 3. The molecule has 2 aromatic heterocycles. The maximum absolute atomic E-state index is 11.9. The number of amides is 1. The molecule has 6 heteroatoms. The smallest absolute Gasteiger partial charge is 0.250 e. The van der Waals surface area contributed by atoms with Crippen molar-refractivity contribution in [2.45, 2.75) is 20.8 Å². The third kappa shape index (κ3) is 2.87. The molecular formula is C19H21N5O. The van der Waals surface area contributed by atoms with Gasteiger partial charge in [0.2, 0.25) is 0 Å². The molecule has 25 heavy (non-hydrogen) atoms. The Morgan fingerprint density at radius 3 is 2.40 bits per heavy atom. The van der Waals surface area contributed by atoms with Crippen molar-refractivity contribution in [1.29, 1.82) is 0 Å². The molecule has 0 fully saturated rings. The highest BCUT2D eigenvalue weighted by Gasteiger charge is 2.16. The van der Waals surface area contributed by atoms with Gasteiger partial charge in [0.25, 0.3) is 5.91 Å². The third-order valence-electron chi connectivity index (χ3n) is 4.29. The van der Waals surface area contributed by atoms with Crippen molar-refractivity contribution in [3.8, 4) is 11.3 Å². The van der Waals surface area contributed by atoms with Gasteiger partial charge in [0.1, 0.15) is 17.8 Å². The SMILES string of the molecule is C=C(C)C(=O)Nc1cc(C)c(-c2cc3c(N)ncnc3n2C)c(C)c1. The van der Waals surface area contributed by atoms with Crippen LogP contribution in [0.2, 0.25) is 0 Å². The van der Waals surface area contributed by atoms with Gasteiger partial charge in [-0.25, -0.2) is 9.97 Å². The predicted octanol–water partition coefficient (Wildman–Crippen LogP) is 3.35. The quantitative estimate of drug-likeness (QED) is 0.719. The minimum Gasteiger partial charge on any atom is -0.383 e. The van der Waals surface area contributed by atoms with Gasteiger partial charge >= 0.3 is 0 Å². The van der Waals surface area contributed by atoms with Gasteiger partial charge in [-0.1, -0.05) is 6.58 Å². The molecule has 0 saturated carbocycles. The second-order valence-electron chi connectivity index (χ2n) is 6.30. The maximum Gasteiger partial charge on any atom is 0.250 e. The van der Waals surface area contributed by atoms with Crippen LogP contribution in [0.5, 0.6) is 0 Å². The Morgan fingerprint density at radius 1 is 1.20 bits per heavy atom. The molecule has 3 N–H and O–H groups in total. The lowest BCUT2D eigenvalue weighted by molar-refractivity contribution is -0.112. The summed E-state index contributed by atoms with van der Waals surface area (Å²) in [7, 11) is 1.96. The molecule has 0 unspecified atom stereocenters. The summed E-state index contributed by atoms with van der Waals surface area (Å²) in [5.41, 5.74) is 12.2. The Balaban J connectivity index is 2.13. The Labute approximate surface area is 146 Å². The summed E-state index contributed by atoms with van der Waals surface area (Å²) < 4.78 is 2.01. The van der Waals surface area contributed by atoms with Crippen molar-refractivity contribution in [1.82, 2.24) is 14.5 Å². The number of nitrogens with zero attached hydrogens (tertiary/aromatic N) is 3. The van der Waals surface area contributed by atoms with Gasteiger partial charge in [-0.2, -0.15) is 0 Å². The molecule has 0 aliphatic carbocycles. The average Bonchev–Trinajstić information content (AvgIpc) is 2.85. The molecule has 0 spiro atoms. The van der Waals surface area contributed by atoms with E-state index in [9.17, 15) is 4.79 Å². The number of nitrogens with one attached hydrogen (secondary N) is 1. The van der Waals surface area contributed by atoms with E-state index in [1.807, 2.05) is 43.7 Å². The van der Waals surface area contributed by atoms with E-state index in [-0.39, 0.29) is 5.91 Å². The van der Waals surface area contributed by atoms with Crippen LogP contribution in [0.4, 0.5) is 11.5 Å². The van der Waals surface area contributed by atoms with Crippen molar-refractivity contribution >= 4 is 28.4 Å².